The van der Waals surface area contributed by atoms with Crippen LogP contribution >= 0.6 is 0 Å². The van der Waals surface area contributed by atoms with Crippen LogP contribution in [0.4, 0.5) is 4.39 Å². The summed E-state index contributed by atoms with van der Waals surface area (Å²) in [4.78, 5) is 16.6. The molecule has 0 bridgehead atoms. The third-order valence-electron chi connectivity index (χ3n) is 4.82. The fourth-order valence-corrected chi connectivity index (χ4v) is 3.13. The molecule has 31 heavy (non-hydrogen) atoms. The molecule has 158 valence electrons. The second-order valence-electron chi connectivity index (χ2n) is 7.41. The van der Waals surface area contributed by atoms with Gasteiger partial charge < -0.3 is 9.84 Å². The molecule has 0 aliphatic rings. The van der Waals surface area contributed by atoms with Crippen molar-refractivity contribution >= 4 is 5.91 Å². The highest BCUT2D eigenvalue weighted by Crippen LogP contribution is 2.26. The Kier molecular flexibility index (Phi) is 5.88. The topological polar surface area (TPSA) is 85.8 Å². The SMILES string of the molecule is CC(C)c1cc(C(=O)NCCn2nc(-c3ccc(F)cc3)cc2-c2cccnc2)no1. The van der Waals surface area contributed by atoms with E-state index in [-0.39, 0.29) is 23.3 Å². The van der Waals surface area contributed by atoms with Crippen molar-refractivity contribution in [2.45, 2.75) is 26.3 Å². The Morgan fingerprint density at radius 2 is 1.97 bits per heavy atom. The van der Waals surface area contributed by atoms with Crippen LogP contribution in [-0.2, 0) is 6.54 Å². The van der Waals surface area contributed by atoms with Crippen molar-refractivity contribution in [3.63, 3.8) is 0 Å². The minimum atomic E-state index is -0.301. The van der Waals surface area contributed by atoms with Gasteiger partial charge in [-0.1, -0.05) is 19.0 Å². The summed E-state index contributed by atoms with van der Waals surface area (Å²) in [6, 6.07) is 13.6. The van der Waals surface area contributed by atoms with Gasteiger partial charge in [-0.05, 0) is 42.5 Å². The third kappa shape index (κ3) is 4.69. The summed E-state index contributed by atoms with van der Waals surface area (Å²) in [6.07, 6.45) is 3.46. The molecular formula is C23H22FN5O2. The summed E-state index contributed by atoms with van der Waals surface area (Å²) in [6.45, 7) is 4.73. The smallest absolute Gasteiger partial charge is 0.273 e. The first-order valence-corrected chi connectivity index (χ1v) is 10.0. The van der Waals surface area contributed by atoms with Crippen molar-refractivity contribution in [1.29, 1.82) is 0 Å². The van der Waals surface area contributed by atoms with E-state index in [0.29, 0.717) is 24.5 Å². The first-order valence-electron chi connectivity index (χ1n) is 10.0. The van der Waals surface area contributed by atoms with E-state index in [1.165, 1.54) is 12.1 Å². The number of aromatic nitrogens is 4. The normalized spacial score (nSPS) is 11.1. The van der Waals surface area contributed by atoms with Crippen LogP contribution in [0.1, 0.15) is 36.0 Å². The van der Waals surface area contributed by atoms with Crippen LogP contribution in [0.2, 0.25) is 0 Å². The molecule has 0 aliphatic heterocycles. The van der Waals surface area contributed by atoms with Crippen LogP contribution in [0.5, 0.6) is 0 Å². The fraction of sp³-hybridized carbons (Fsp3) is 0.217. The lowest BCUT2D eigenvalue weighted by Gasteiger charge is -2.08. The molecule has 0 saturated carbocycles. The molecule has 1 aromatic carbocycles. The largest absolute Gasteiger partial charge is 0.360 e. The highest BCUT2D eigenvalue weighted by Gasteiger charge is 2.15. The molecule has 8 heteroatoms. The molecule has 0 unspecified atom stereocenters. The lowest BCUT2D eigenvalue weighted by atomic mass is 10.1. The van der Waals surface area contributed by atoms with Gasteiger partial charge in [0, 0.05) is 42.0 Å². The molecule has 0 atom stereocenters. The van der Waals surface area contributed by atoms with Gasteiger partial charge in [-0.15, -0.1) is 0 Å². The van der Waals surface area contributed by atoms with Gasteiger partial charge in [0.05, 0.1) is 17.9 Å². The van der Waals surface area contributed by atoms with Crippen molar-refractivity contribution in [2.75, 3.05) is 6.54 Å². The van der Waals surface area contributed by atoms with E-state index in [9.17, 15) is 9.18 Å². The van der Waals surface area contributed by atoms with Gasteiger partial charge in [0.1, 0.15) is 11.6 Å². The lowest BCUT2D eigenvalue weighted by molar-refractivity contribution is 0.0942. The zero-order chi connectivity index (χ0) is 21.8. The van der Waals surface area contributed by atoms with Gasteiger partial charge in [0.25, 0.3) is 5.91 Å². The Morgan fingerprint density at radius 1 is 1.16 bits per heavy atom. The monoisotopic (exact) mass is 419 g/mol. The number of pyridine rings is 1. The molecule has 0 aliphatic carbocycles. The Balaban J connectivity index is 1.52. The number of hydrogen-bond acceptors (Lipinski definition) is 5. The van der Waals surface area contributed by atoms with Crippen LogP contribution in [0, 0.1) is 5.82 Å². The van der Waals surface area contributed by atoms with Crippen LogP contribution in [-0.4, -0.2) is 32.4 Å². The number of halogens is 1. The fourth-order valence-electron chi connectivity index (χ4n) is 3.13. The van der Waals surface area contributed by atoms with E-state index in [2.05, 4.69) is 20.6 Å². The molecule has 7 nitrogen and oxygen atoms in total. The van der Waals surface area contributed by atoms with Gasteiger partial charge >= 0.3 is 0 Å². The number of amides is 1. The maximum absolute atomic E-state index is 13.3. The zero-order valence-corrected chi connectivity index (χ0v) is 17.2. The molecule has 4 rings (SSSR count). The molecular weight excluding hydrogens is 397 g/mol. The van der Waals surface area contributed by atoms with E-state index < -0.39 is 0 Å². The number of rotatable bonds is 7. The van der Waals surface area contributed by atoms with E-state index in [1.54, 1.807) is 35.3 Å². The highest BCUT2D eigenvalue weighted by atomic mass is 19.1. The first kappa shape index (κ1) is 20.5. The van der Waals surface area contributed by atoms with Gasteiger partial charge in [0.2, 0.25) is 0 Å². The van der Waals surface area contributed by atoms with Crippen molar-refractivity contribution in [3.05, 3.63) is 78.2 Å². The first-order chi connectivity index (χ1) is 15.0. The molecule has 4 aromatic rings. The van der Waals surface area contributed by atoms with Gasteiger partial charge in [0.15, 0.2) is 5.69 Å². The average Bonchev–Trinajstić information content (AvgIpc) is 3.43. The highest BCUT2D eigenvalue weighted by molar-refractivity contribution is 5.92. The summed E-state index contributed by atoms with van der Waals surface area (Å²) < 4.78 is 20.3. The van der Waals surface area contributed by atoms with E-state index in [1.807, 2.05) is 32.0 Å². The number of benzene rings is 1. The second-order valence-corrected chi connectivity index (χ2v) is 7.41. The standard InChI is InChI=1S/C23H22FN5O2/c1-15(2)22-13-20(28-31-22)23(30)26-10-11-29-21(17-4-3-9-25-14-17)12-19(27-29)16-5-7-18(24)8-6-16/h3-9,12-15H,10-11H2,1-2H3,(H,26,30). The van der Waals surface area contributed by atoms with E-state index in [0.717, 1.165) is 16.8 Å². The van der Waals surface area contributed by atoms with Crippen molar-refractivity contribution < 1.29 is 13.7 Å². The van der Waals surface area contributed by atoms with Gasteiger partial charge in [-0.2, -0.15) is 5.10 Å². The molecule has 1 N–H and O–H groups in total. The van der Waals surface area contributed by atoms with Crippen molar-refractivity contribution in [1.82, 2.24) is 25.2 Å². The molecule has 1 amide bonds. The molecule has 0 radical (unpaired) electrons. The van der Waals surface area contributed by atoms with Crippen LogP contribution in [0.15, 0.2) is 65.4 Å². The maximum atomic E-state index is 13.3. The average molecular weight is 419 g/mol. The van der Waals surface area contributed by atoms with E-state index >= 15 is 0 Å². The van der Waals surface area contributed by atoms with Gasteiger partial charge in [-0.25, -0.2) is 4.39 Å². The number of carbonyl (C=O) groups excluding carboxylic acids is 1. The molecule has 3 aromatic heterocycles. The van der Waals surface area contributed by atoms with Crippen LogP contribution < -0.4 is 5.32 Å². The third-order valence-corrected chi connectivity index (χ3v) is 4.82. The minimum Gasteiger partial charge on any atom is -0.360 e. The summed E-state index contributed by atoms with van der Waals surface area (Å²) in [7, 11) is 0. The maximum Gasteiger partial charge on any atom is 0.273 e. The summed E-state index contributed by atoms with van der Waals surface area (Å²) >= 11 is 0. The summed E-state index contributed by atoms with van der Waals surface area (Å²) in [5.74, 6) is 0.224. The Morgan fingerprint density at radius 3 is 2.65 bits per heavy atom. The minimum absolute atomic E-state index is 0.157. The zero-order valence-electron chi connectivity index (χ0n) is 17.2. The summed E-state index contributed by atoms with van der Waals surface area (Å²) in [5, 5.41) is 11.3. The Bertz CT molecular complexity index is 1170. The lowest BCUT2D eigenvalue weighted by Crippen LogP contribution is -2.28. The number of nitrogens with zero attached hydrogens (tertiary/aromatic N) is 4. The number of nitrogens with one attached hydrogen (secondary N) is 1. The molecule has 0 saturated heterocycles. The number of carbonyl (C=O) groups is 1. The quantitative estimate of drug-likeness (QED) is 0.483. The van der Waals surface area contributed by atoms with Crippen LogP contribution in [0.25, 0.3) is 22.5 Å². The van der Waals surface area contributed by atoms with E-state index in [4.69, 9.17) is 4.52 Å². The predicted octanol–water partition coefficient (Wildman–Crippen LogP) is 4.29. The Labute approximate surface area is 178 Å². The predicted molar refractivity (Wildman–Crippen MR) is 114 cm³/mol. The van der Waals surface area contributed by atoms with Gasteiger partial charge in [-0.3, -0.25) is 14.5 Å². The van der Waals surface area contributed by atoms with Crippen molar-refractivity contribution in [2.24, 2.45) is 0 Å². The number of hydrogen-bond donors (Lipinski definition) is 1. The summed E-state index contributed by atoms with van der Waals surface area (Å²) in [5.41, 5.74) is 3.52. The van der Waals surface area contributed by atoms with Crippen molar-refractivity contribution in [3.8, 4) is 22.5 Å². The molecule has 0 fully saturated rings. The molecule has 0 spiro atoms. The molecule has 3 heterocycles. The van der Waals surface area contributed by atoms with Crippen LogP contribution in [0.3, 0.4) is 0 Å². The Hall–Kier alpha value is -3.81. The second kappa shape index (κ2) is 8.91.